The van der Waals surface area contributed by atoms with Crippen LogP contribution in [-0.2, 0) is 21.2 Å². The highest BCUT2D eigenvalue weighted by atomic mass is 32.2. The zero-order valence-electron chi connectivity index (χ0n) is 20.7. The molecule has 8 nitrogen and oxygen atoms in total. The number of esters is 1. The van der Waals surface area contributed by atoms with E-state index >= 15 is 0 Å². The number of sulfonamides is 1. The molecule has 0 spiro atoms. The molecule has 39 heavy (non-hydrogen) atoms. The number of anilines is 1. The molecule has 4 aromatic rings. The van der Waals surface area contributed by atoms with Crippen LogP contribution in [0, 0.1) is 0 Å². The van der Waals surface area contributed by atoms with Crippen LogP contribution in [0.3, 0.4) is 0 Å². The van der Waals surface area contributed by atoms with E-state index in [9.17, 15) is 18.0 Å². The molecule has 0 fully saturated rings. The Hall–Kier alpha value is -4.63. The van der Waals surface area contributed by atoms with Gasteiger partial charge in [0.1, 0.15) is 13.2 Å². The summed E-state index contributed by atoms with van der Waals surface area (Å²) < 4.78 is 44.3. The van der Waals surface area contributed by atoms with E-state index in [1.165, 1.54) is 42.0 Å². The molecule has 0 amide bonds. The van der Waals surface area contributed by atoms with Crippen molar-refractivity contribution < 1.29 is 32.2 Å². The average Bonchev–Trinajstić information content (AvgIpc) is 3.33. The summed E-state index contributed by atoms with van der Waals surface area (Å²) in [6, 6.07) is 23.8. The number of rotatable bonds is 7. The molecule has 0 radical (unpaired) electrons. The second-order valence-electron chi connectivity index (χ2n) is 9.19. The summed E-state index contributed by atoms with van der Waals surface area (Å²) in [5.74, 6) is -0.139. The Bertz CT molecular complexity index is 1710. The lowest BCUT2D eigenvalue weighted by Gasteiger charge is -2.19. The Balaban J connectivity index is 1.08. The predicted molar refractivity (Wildman–Crippen MR) is 144 cm³/mol. The minimum atomic E-state index is -3.90. The van der Waals surface area contributed by atoms with Gasteiger partial charge in [0.25, 0.3) is 10.0 Å². The van der Waals surface area contributed by atoms with Gasteiger partial charge in [0.2, 0.25) is 0 Å². The van der Waals surface area contributed by atoms with Crippen molar-refractivity contribution in [2.45, 2.75) is 11.3 Å². The van der Waals surface area contributed by atoms with Crippen molar-refractivity contribution >= 4 is 27.5 Å². The van der Waals surface area contributed by atoms with Gasteiger partial charge >= 0.3 is 5.97 Å². The minimum Gasteiger partial charge on any atom is -0.486 e. The van der Waals surface area contributed by atoms with Crippen LogP contribution in [0.15, 0.2) is 89.8 Å². The van der Waals surface area contributed by atoms with Crippen LogP contribution in [-0.4, -0.2) is 40.0 Å². The van der Waals surface area contributed by atoms with E-state index in [0.717, 1.165) is 23.1 Å². The number of ketones is 1. The van der Waals surface area contributed by atoms with E-state index in [2.05, 4.69) is 10.8 Å². The van der Waals surface area contributed by atoms with Gasteiger partial charge in [-0.25, -0.2) is 13.2 Å². The lowest BCUT2D eigenvalue weighted by molar-refractivity contribution is 0.0475. The smallest absolute Gasteiger partial charge is 0.338 e. The number of hydrogen-bond donors (Lipinski definition) is 1. The molecule has 0 saturated carbocycles. The number of fused-ring (bicyclic) bond motifs is 4. The minimum absolute atomic E-state index is 0.0174. The molecule has 4 aromatic carbocycles. The SMILES string of the molecule is O=C(COC(=O)c1ccc(NS(=O)(=O)c2ccc3c(c2)OCCO3)cc1)c1ccc2c(c1)-c1ccccc1C2. The Morgan fingerprint density at radius 1 is 0.769 bits per heavy atom. The standard InChI is InChI=1S/C30H23NO7S/c32-27(22-6-5-21-15-20-3-1-2-4-25(20)26(21)16-22)18-38-30(33)19-7-9-23(10-8-19)31-39(34,35)24-11-12-28-29(17-24)37-14-13-36-28/h1-12,16-17,31H,13-15,18H2. The fraction of sp³-hybridized carbons (Fsp3) is 0.133. The lowest BCUT2D eigenvalue weighted by atomic mass is 10.0. The third-order valence-electron chi connectivity index (χ3n) is 6.65. The van der Waals surface area contributed by atoms with Gasteiger partial charge in [0, 0.05) is 17.3 Å². The molecule has 1 N–H and O–H groups in total. The van der Waals surface area contributed by atoms with Crippen molar-refractivity contribution in [3.63, 3.8) is 0 Å². The molecular formula is C30H23NO7S. The first-order valence-electron chi connectivity index (χ1n) is 12.3. The number of carbonyl (C=O) groups is 2. The quantitative estimate of drug-likeness (QED) is 0.231. The summed E-state index contributed by atoms with van der Waals surface area (Å²) in [6.45, 7) is 0.343. The molecule has 2 aliphatic rings. The van der Waals surface area contributed by atoms with Gasteiger partial charge in [0.15, 0.2) is 23.9 Å². The maximum atomic E-state index is 12.8. The second kappa shape index (κ2) is 9.92. The fourth-order valence-corrected chi connectivity index (χ4v) is 5.75. The first-order valence-corrected chi connectivity index (χ1v) is 13.8. The monoisotopic (exact) mass is 541 g/mol. The van der Waals surface area contributed by atoms with E-state index < -0.39 is 22.6 Å². The third-order valence-corrected chi connectivity index (χ3v) is 8.03. The van der Waals surface area contributed by atoms with Crippen LogP contribution in [0.5, 0.6) is 11.5 Å². The fourth-order valence-electron chi connectivity index (χ4n) is 4.67. The number of ether oxygens (including phenoxy) is 3. The van der Waals surface area contributed by atoms with Gasteiger partial charge in [-0.3, -0.25) is 9.52 Å². The summed E-state index contributed by atoms with van der Waals surface area (Å²) in [5, 5.41) is 0. The van der Waals surface area contributed by atoms with Crippen LogP contribution in [0.4, 0.5) is 5.69 Å². The molecule has 196 valence electrons. The van der Waals surface area contributed by atoms with Gasteiger partial charge in [-0.1, -0.05) is 36.4 Å². The largest absolute Gasteiger partial charge is 0.486 e. The van der Waals surface area contributed by atoms with E-state index in [4.69, 9.17) is 14.2 Å². The first-order chi connectivity index (χ1) is 18.9. The highest BCUT2D eigenvalue weighted by Gasteiger charge is 2.22. The molecule has 0 aromatic heterocycles. The summed E-state index contributed by atoms with van der Waals surface area (Å²) in [4.78, 5) is 25.3. The Morgan fingerprint density at radius 3 is 2.31 bits per heavy atom. The number of benzene rings is 4. The van der Waals surface area contributed by atoms with Gasteiger partial charge < -0.3 is 14.2 Å². The Morgan fingerprint density at radius 2 is 1.49 bits per heavy atom. The van der Waals surface area contributed by atoms with Gasteiger partial charge in [-0.05, 0) is 71.1 Å². The molecule has 0 saturated heterocycles. The van der Waals surface area contributed by atoms with Crippen LogP contribution >= 0.6 is 0 Å². The molecule has 9 heteroatoms. The maximum absolute atomic E-state index is 12.8. The number of Topliss-reactive ketones (excluding diaryl/α,β-unsaturated/α-hetero) is 1. The van der Waals surface area contributed by atoms with E-state index in [0.29, 0.717) is 30.3 Å². The van der Waals surface area contributed by atoms with Crippen LogP contribution < -0.4 is 14.2 Å². The molecule has 0 bridgehead atoms. The van der Waals surface area contributed by atoms with Crippen LogP contribution in [0.25, 0.3) is 11.1 Å². The van der Waals surface area contributed by atoms with E-state index in [1.807, 2.05) is 30.3 Å². The van der Waals surface area contributed by atoms with Crippen molar-refractivity contribution in [3.8, 4) is 22.6 Å². The van der Waals surface area contributed by atoms with Gasteiger partial charge in [-0.15, -0.1) is 0 Å². The Kier molecular flexibility index (Phi) is 6.28. The van der Waals surface area contributed by atoms with Crippen molar-refractivity contribution in [1.29, 1.82) is 0 Å². The van der Waals surface area contributed by atoms with Crippen molar-refractivity contribution in [2.75, 3.05) is 24.5 Å². The molecule has 6 rings (SSSR count). The summed E-state index contributed by atoms with van der Waals surface area (Å²) in [7, 11) is -3.90. The molecule has 1 heterocycles. The Labute approximate surface area is 225 Å². The molecule has 0 unspecified atom stereocenters. The van der Waals surface area contributed by atoms with Gasteiger partial charge in [-0.2, -0.15) is 0 Å². The molecule has 1 aliphatic heterocycles. The van der Waals surface area contributed by atoms with Crippen molar-refractivity contribution in [1.82, 2.24) is 0 Å². The molecular weight excluding hydrogens is 518 g/mol. The van der Waals surface area contributed by atoms with Gasteiger partial charge in [0.05, 0.1) is 10.5 Å². The first kappa shape index (κ1) is 24.7. The van der Waals surface area contributed by atoms with Crippen molar-refractivity contribution in [3.05, 3.63) is 107 Å². The normalized spacial score (nSPS) is 13.2. The zero-order chi connectivity index (χ0) is 27.0. The lowest BCUT2D eigenvalue weighted by Crippen LogP contribution is -2.17. The van der Waals surface area contributed by atoms with Crippen LogP contribution in [0.2, 0.25) is 0 Å². The number of carbonyl (C=O) groups excluding carboxylic acids is 2. The number of nitrogens with one attached hydrogen (secondary N) is 1. The highest BCUT2D eigenvalue weighted by molar-refractivity contribution is 7.92. The van der Waals surface area contributed by atoms with E-state index in [1.54, 1.807) is 12.1 Å². The summed E-state index contributed by atoms with van der Waals surface area (Å²) in [5.41, 5.74) is 5.45. The topological polar surface area (TPSA) is 108 Å². The number of hydrogen-bond acceptors (Lipinski definition) is 7. The molecule has 0 atom stereocenters. The maximum Gasteiger partial charge on any atom is 0.338 e. The third kappa shape index (κ3) is 4.96. The zero-order valence-corrected chi connectivity index (χ0v) is 21.5. The summed E-state index contributed by atoms with van der Waals surface area (Å²) >= 11 is 0. The highest BCUT2D eigenvalue weighted by Crippen LogP contribution is 2.37. The van der Waals surface area contributed by atoms with Crippen molar-refractivity contribution in [2.24, 2.45) is 0 Å². The average molecular weight is 542 g/mol. The molecule has 1 aliphatic carbocycles. The van der Waals surface area contributed by atoms with Crippen LogP contribution in [0.1, 0.15) is 31.8 Å². The van der Waals surface area contributed by atoms with E-state index in [-0.39, 0.29) is 21.9 Å². The second-order valence-corrected chi connectivity index (χ2v) is 10.9. The predicted octanol–water partition coefficient (Wildman–Crippen LogP) is 4.87. The summed E-state index contributed by atoms with van der Waals surface area (Å²) in [6.07, 6.45) is 0.831.